The molecule has 21 heavy (non-hydrogen) atoms. The summed E-state index contributed by atoms with van der Waals surface area (Å²) in [4.78, 5) is 12.5. The highest BCUT2D eigenvalue weighted by Crippen LogP contribution is 2.30. The number of rotatable bonds is 2. The second kappa shape index (κ2) is 5.70. The lowest BCUT2D eigenvalue weighted by Gasteiger charge is -2.19. The fourth-order valence-corrected chi connectivity index (χ4v) is 2.49. The summed E-state index contributed by atoms with van der Waals surface area (Å²) in [6.07, 6.45) is 0. The molecule has 0 saturated carbocycles. The molecule has 0 unspecified atom stereocenters. The van der Waals surface area contributed by atoms with E-state index in [1.807, 2.05) is 24.3 Å². The van der Waals surface area contributed by atoms with Crippen molar-refractivity contribution in [2.24, 2.45) is 0 Å². The Labute approximate surface area is 134 Å². The average molecular weight is 322 g/mol. The van der Waals surface area contributed by atoms with E-state index in [1.165, 1.54) is 5.56 Å². The second-order valence-electron chi connectivity index (χ2n) is 6.01. The van der Waals surface area contributed by atoms with Crippen LogP contribution in [0.3, 0.4) is 0 Å². The SMILES string of the molecule is CC(C)(C)c1ccc(C(=O)c2cc(Cl)c(N)c(Cl)c2)cc1. The minimum atomic E-state index is -0.126. The van der Waals surface area contributed by atoms with Crippen molar-refractivity contribution in [2.45, 2.75) is 26.2 Å². The third-order valence-electron chi connectivity index (χ3n) is 3.35. The molecule has 0 atom stereocenters. The topological polar surface area (TPSA) is 43.1 Å². The van der Waals surface area contributed by atoms with E-state index in [4.69, 9.17) is 28.9 Å². The molecular weight excluding hydrogens is 305 g/mol. The number of nitrogens with two attached hydrogens (primary N) is 1. The molecule has 0 amide bonds. The van der Waals surface area contributed by atoms with Crippen molar-refractivity contribution in [3.05, 3.63) is 63.1 Å². The number of carbonyl (C=O) groups excluding carboxylic acids is 1. The van der Waals surface area contributed by atoms with Crippen LogP contribution in [0, 0.1) is 0 Å². The lowest BCUT2D eigenvalue weighted by atomic mass is 9.86. The summed E-state index contributed by atoms with van der Waals surface area (Å²) >= 11 is 11.9. The molecule has 4 heteroatoms. The third kappa shape index (κ3) is 3.39. The Morgan fingerprint density at radius 1 is 0.952 bits per heavy atom. The van der Waals surface area contributed by atoms with E-state index in [1.54, 1.807) is 12.1 Å². The highest BCUT2D eigenvalue weighted by molar-refractivity contribution is 6.39. The molecule has 0 aliphatic carbocycles. The van der Waals surface area contributed by atoms with Gasteiger partial charge < -0.3 is 5.73 Å². The van der Waals surface area contributed by atoms with Crippen LogP contribution in [-0.4, -0.2) is 5.78 Å². The first-order valence-corrected chi connectivity index (χ1v) is 7.35. The molecule has 0 heterocycles. The van der Waals surface area contributed by atoms with Crippen LogP contribution in [-0.2, 0) is 5.41 Å². The largest absolute Gasteiger partial charge is 0.396 e. The molecule has 0 saturated heterocycles. The molecule has 0 radical (unpaired) electrons. The van der Waals surface area contributed by atoms with Gasteiger partial charge in [-0.05, 0) is 23.1 Å². The fourth-order valence-electron chi connectivity index (χ4n) is 2.00. The van der Waals surface area contributed by atoms with Crippen LogP contribution < -0.4 is 5.73 Å². The van der Waals surface area contributed by atoms with Gasteiger partial charge in [0.15, 0.2) is 5.78 Å². The third-order valence-corrected chi connectivity index (χ3v) is 3.98. The summed E-state index contributed by atoms with van der Waals surface area (Å²) in [5.74, 6) is -0.126. The molecule has 0 aliphatic rings. The number of hydrogen-bond donors (Lipinski definition) is 1. The van der Waals surface area contributed by atoms with E-state index in [9.17, 15) is 4.79 Å². The number of nitrogen functional groups attached to an aromatic ring is 1. The quantitative estimate of drug-likeness (QED) is 0.617. The van der Waals surface area contributed by atoms with Crippen LogP contribution in [0.15, 0.2) is 36.4 Å². The molecule has 2 aromatic rings. The van der Waals surface area contributed by atoms with Crippen molar-refractivity contribution in [1.82, 2.24) is 0 Å². The van der Waals surface area contributed by atoms with Crippen molar-refractivity contribution in [3.8, 4) is 0 Å². The van der Waals surface area contributed by atoms with Gasteiger partial charge in [-0.25, -0.2) is 0 Å². The fraction of sp³-hybridized carbons (Fsp3) is 0.235. The van der Waals surface area contributed by atoms with Crippen LogP contribution in [0.1, 0.15) is 42.3 Å². The van der Waals surface area contributed by atoms with Crippen molar-refractivity contribution in [3.63, 3.8) is 0 Å². The van der Waals surface area contributed by atoms with Crippen LogP contribution >= 0.6 is 23.2 Å². The first kappa shape index (κ1) is 15.9. The monoisotopic (exact) mass is 321 g/mol. The van der Waals surface area contributed by atoms with E-state index in [0.29, 0.717) is 11.1 Å². The minimum Gasteiger partial charge on any atom is -0.396 e. The first-order chi connectivity index (χ1) is 9.70. The molecule has 0 bridgehead atoms. The summed E-state index contributed by atoms with van der Waals surface area (Å²) in [7, 11) is 0. The Hall–Kier alpha value is -1.51. The van der Waals surface area contributed by atoms with Gasteiger partial charge in [0, 0.05) is 11.1 Å². The van der Waals surface area contributed by atoms with E-state index in [-0.39, 0.29) is 26.9 Å². The Balaban J connectivity index is 2.37. The van der Waals surface area contributed by atoms with Gasteiger partial charge in [-0.3, -0.25) is 4.79 Å². The smallest absolute Gasteiger partial charge is 0.193 e. The van der Waals surface area contributed by atoms with Gasteiger partial charge >= 0.3 is 0 Å². The number of benzene rings is 2. The van der Waals surface area contributed by atoms with Gasteiger partial charge in [-0.15, -0.1) is 0 Å². The Morgan fingerprint density at radius 2 is 1.43 bits per heavy atom. The van der Waals surface area contributed by atoms with Crippen LogP contribution in [0.4, 0.5) is 5.69 Å². The molecule has 2 aromatic carbocycles. The van der Waals surface area contributed by atoms with Gasteiger partial charge in [0.25, 0.3) is 0 Å². The lowest BCUT2D eigenvalue weighted by molar-refractivity contribution is 0.103. The summed E-state index contributed by atoms with van der Waals surface area (Å²) in [5, 5.41) is 0.578. The van der Waals surface area contributed by atoms with Crippen LogP contribution in [0.5, 0.6) is 0 Å². The molecule has 2 nitrogen and oxygen atoms in total. The Morgan fingerprint density at radius 3 is 1.86 bits per heavy atom. The van der Waals surface area contributed by atoms with E-state index < -0.39 is 0 Å². The standard InChI is InChI=1S/C17H17Cl2NO/c1-17(2,3)12-6-4-10(5-7-12)16(21)11-8-13(18)15(20)14(19)9-11/h4-9H,20H2,1-3H3. The molecule has 2 N–H and O–H groups in total. The van der Waals surface area contributed by atoms with Gasteiger partial charge in [-0.1, -0.05) is 68.2 Å². The zero-order chi connectivity index (χ0) is 15.8. The molecule has 110 valence electrons. The number of hydrogen-bond acceptors (Lipinski definition) is 2. The Kier molecular flexibility index (Phi) is 4.31. The second-order valence-corrected chi connectivity index (χ2v) is 6.82. The minimum absolute atomic E-state index is 0.0510. The maximum atomic E-state index is 12.5. The summed E-state index contributed by atoms with van der Waals surface area (Å²) in [5.41, 5.74) is 8.23. The van der Waals surface area contributed by atoms with Crippen molar-refractivity contribution in [1.29, 1.82) is 0 Å². The molecule has 0 spiro atoms. The van der Waals surface area contributed by atoms with Gasteiger partial charge in [-0.2, -0.15) is 0 Å². The van der Waals surface area contributed by atoms with Crippen molar-refractivity contribution < 1.29 is 4.79 Å². The first-order valence-electron chi connectivity index (χ1n) is 6.60. The maximum absolute atomic E-state index is 12.5. The predicted octanol–water partition coefficient (Wildman–Crippen LogP) is 5.10. The van der Waals surface area contributed by atoms with Gasteiger partial charge in [0.2, 0.25) is 0 Å². The lowest BCUT2D eigenvalue weighted by Crippen LogP contribution is -2.11. The molecule has 0 fully saturated rings. The number of halogens is 2. The Bertz CT molecular complexity index is 662. The van der Waals surface area contributed by atoms with Crippen LogP contribution in [0.2, 0.25) is 10.0 Å². The van der Waals surface area contributed by atoms with Crippen LogP contribution in [0.25, 0.3) is 0 Å². The zero-order valence-corrected chi connectivity index (χ0v) is 13.7. The summed E-state index contributed by atoms with van der Waals surface area (Å²) in [6.45, 7) is 6.38. The molecule has 0 aromatic heterocycles. The molecule has 0 aliphatic heterocycles. The van der Waals surface area contributed by atoms with Gasteiger partial charge in [0.05, 0.1) is 15.7 Å². The van der Waals surface area contributed by atoms with Gasteiger partial charge in [0.1, 0.15) is 0 Å². The molecule has 2 rings (SSSR count). The number of anilines is 1. The highest BCUT2D eigenvalue weighted by Gasteiger charge is 2.16. The van der Waals surface area contributed by atoms with Crippen molar-refractivity contribution in [2.75, 3.05) is 5.73 Å². The summed E-state index contributed by atoms with van der Waals surface area (Å²) in [6, 6.07) is 10.7. The average Bonchev–Trinajstić information content (AvgIpc) is 2.42. The highest BCUT2D eigenvalue weighted by atomic mass is 35.5. The van der Waals surface area contributed by atoms with E-state index >= 15 is 0 Å². The van der Waals surface area contributed by atoms with E-state index in [2.05, 4.69) is 20.8 Å². The number of ketones is 1. The zero-order valence-electron chi connectivity index (χ0n) is 12.2. The van der Waals surface area contributed by atoms with E-state index in [0.717, 1.165) is 0 Å². The van der Waals surface area contributed by atoms with Crippen molar-refractivity contribution >= 4 is 34.7 Å². The predicted molar refractivity (Wildman–Crippen MR) is 89.4 cm³/mol. The number of carbonyl (C=O) groups is 1. The maximum Gasteiger partial charge on any atom is 0.193 e. The summed E-state index contributed by atoms with van der Waals surface area (Å²) < 4.78 is 0. The normalized spacial score (nSPS) is 11.5. The molecular formula is C17H17Cl2NO.